The lowest BCUT2D eigenvalue weighted by Crippen LogP contribution is -2.18. The van der Waals surface area contributed by atoms with Gasteiger partial charge in [-0.2, -0.15) is 0 Å². The fourth-order valence-electron chi connectivity index (χ4n) is 2.70. The van der Waals surface area contributed by atoms with E-state index in [4.69, 9.17) is 9.47 Å². The SMILES string of the molecule is COC(=O)c1cn(CC(=O)OCC(=O)c2ccc(F)cc2)c2ccccc12. The van der Waals surface area contributed by atoms with E-state index in [0.29, 0.717) is 16.5 Å². The summed E-state index contributed by atoms with van der Waals surface area (Å²) < 4.78 is 24.2. The molecule has 0 aliphatic heterocycles. The molecule has 0 N–H and O–H groups in total. The average Bonchev–Trinajstić information content (AvgIpc) is 3.04. The summed E-state index contributed by atoms with van der Waals surface area (Å²) in [7, 11) is 1.28. The number of benzene rings is 2. The Hall–Kier alpha value is -3.48. The number of ketones is 1. The fourth-order valence-corrected chi connectivity index (χ4v) is 2.70. The van der Waals surface area contributed by atoms with Crippen molar-refractivity contribution in [2.75, 3.05) is 13.7 Å². The molecule has 3 aromatic rings. The number of fused-ring (bicyclic) bond motifs is 1. The van der Waals surface area contributed by atoms with Crippen LogP contribution < -0.4 is 0 Å². The predicted molar refractivity (Wildman–Crippen MR) is 95.0 cm³/mol. The van der Waals surface area contributed by atoms with Crippen LogP contribution in [0.15, 0.2) is 54.7 Å². The van der Waals surface area contributed by atoms with Crippen molar-refractivity contribution in [3.63, 3.8) is 0 Å². The third-order valence-corrected chi connectivity index (χ3v) is 4.02. The number of nitrogens with zero attached hydrogens (tertiary/aromatic N) is 1. The molecule has 0 saturated heterocycles. The van der Waals surface area contributed by atoms with E-state index in [-0.39, 0.29) is 12.1 Å². The summed E-state index contributed by atoms with van der Waals surface area (Å²) in [5.74, 6) is -2.03. The van der Waals surface area contributed by atoms with Gasteiger partial charge in [-0.25, -0.2) is 9.18 Å². The Morgan fingerprint density at radius 2 is 1.74 bits per heavy atom. The van der Waals surface area contributed by atoms with Crippen LogP contribution in [-0.4, -0.2) is 36.0 Å². The second-order valence-electron chi connectivity index (χ2n) is 5.77. The molecule has 2 aromatic carbocycles. The normalized spacial score (nSPS) is 10.6. The Labute approximate surface area is 154 Å². The number of rotatable bonds is 6. The van der Waals surface area contributed by atoms with Gasteiger partial charge in [-0.15, -0.1) is 0 Å². The van der Waals surface area contributed by atoms with E-state index in [2.05, 4.69) is 0 Å². The summed E-state index contributed by atoms with van der Waals surface area (Å²) in [6, 6.07) is 12.0. The first-order valence-electron chi connectivity index (χ1n) is 8.10. The summed E-state index contributed by atoms with van der Waals surface area (Å²) in [6.07, 6.45) is 1.51. The van der Waals surface area contributed by atoms with Crippen molar-refractivity contribution in [3.05, 3.63) is 71.7 Å². The number of esters is 2. The van der Waals surface area contributed by atoms with Crippen LogP contribution in [0.3, 0.4) is 0 Å². The summed E-state index contributed by atoms with van der Waals surface area (Å²) in [4.78, 5) is 36.0. The van der Waals surface area contributed by atoms with Gasteiger partial charge in [-0.05, 0) is 30.3 Å². The predicted octanol–water partition coefficient (Wildman–Crippen LogP) is 2.99. The van der Waals surface area contributed by atoms with Crippen molar-refractivity contribution in [2.24, 2.45) is 0 Å². The molecule has 138 valence electrons. The third-order valence-electron chi connectivity index (χ3n) is 4.02. The van der Waals surface area contributed by atoms with Crippen LogP contribution in [0.5, 0.6) is 0 Å². The van der Waals surface area contributed by atoms with Crippen LogP contribution in [0.1, 0.15) is 20.7 Å². The molecule has 0 spiro atoms. The number of ether oxygens (including phenoxy) is 2. The molecule has 0 atom stereocenters. The zero-order chi connectivity index (χ0) is 19.4. The zero-order valence-corrected chi connectivity index (χ0v) is 14.5. The van der Waals surface area contributed by atoms with Crippen LogP contribution in [0.2, 0.25) is 0 Å². The first-order chi connectivity index (χ1) is 13.0. The third kappa shape index (κ3) is 4.03. The van der Waals surface area contributed by atoms with E-state index in [1.165, 1.54) is 25.4 Å². The molecule has 0 radical (unpaired) electrons. The Morgan fingerprint density at radius 3 is 2.44 bits per heavy atom. The molecule has 0 saturated carbocycles. The minimum absolute atomic E-state index is 0.172. The van der Waals surface area contributed by atoms with Gasteiger partial charge < -0.3 is 14.0 Å². The molecule has 7 heteroatoms. The molecule has 1 heterocycles. The van der Waals surface area contributed by atoms with E-state index in [9.17, 15) is 18.8 Å². The molecule has 3 rings (SSSR count). The second kappa shape index (κ2) is 7.82. The van der Waals surface area contributed by atoms with Gasteiger partial charge in [0.25, 0.3) is 0 Å². The molecule has 6 nitrogen and oxygen atoms in total. The van der Waals surface area contributed by atoms with E-state index >= 15 is 0 Å². The molecule has 0 aliphatic rings. The average molecular weight is 369 g/mol. The van der Waals surface area contributed by atoms with Crippen molar-refractivity contribution in [1.82, 2.24) is 4.57 Å². The number of halogens is 1. The molecule has 0 amide bonds. The number of aromatic nitrogens is 1. The summed E-state index contributed by atoms with van der Waals surface area (Å²) >= 11 is 0. The van der Waals surface area contributed by atoms with Gasteiger partial charge in [-0.3, -0.25) is 9.59 Å². The first kappa shape index (κ1) is 18.3. The second-order valence-corrected chi connectivity index (χ2v) is 5.77. The maximum atomic E-state index is 12.9. The van der Waals surface area contributed by atoms with Crippen LogP contribution in [0, 0.1) is 5.82 Å². The number of hydrogen-bond donors (Lipinski definition) is 0. The Balaban J connectivity index is 1.70. The van der Waals surface area contributed by atoms with Crippen LogP contribution in [-0.2, 0) is 20.8 Å². The van der Waals surface area contributed by atoms with E-state index < -0.39 is 30.1 Å². The van der Waals surface area contributed by atoms with Crippen molar-refractivity contribution < 1.29 is 28.2 Å². The maximum Gasteiger partial charge on any atom is 0.340 e. The summed E-state index contributed by atoms with van der Waals surface area (Å²) in [5, 5.41) is 0.652. The van der Waals surface area contributed by atoms with Gasteiger partial charge >= 0.3 is 11.9 Å². The number of Topliss-reactive ketones (excluding diaryl/α,β-unsaturated/α-hetero) is 1. The monoisotopic (exact) mass is 369 g/mol. The first-order valence-corrected chi connectivity index (χ1v) is 8.10. The van der Waals surface area contributed by atoms with Gasteiger partial charge in [0.2, 0.25) is 0 Å². The highest BCUT2D eigenvalue weighted by molar-refractivity contribution is 6.04. The van der Waals surface area contributed by atoms with Gasteiger partial charge in [0.15, 0.2) is 12.4 Å². The molecule has 27 heavy (non-hydrogen) atoms. The molecule has 0 fully saturated rings. The van der Waals surface area contributed by atoms with Gasteiger partial charge in [0.05, 0.1) is 12.7 Å². The van der Waals surface area contributed by atoms with Gasteiger partial charge in [-0.1, -0.05) is 18.2 Å². The Bertz CT molecular complexity index is 1010. The van der Waals surface area contributed by atoms with Gasteiger partial charge in [0, 0.05) is 22.7 Å². The number of carbonyl (C=O) groups is 3. The summed E-state index contributed by atoms with van der Waals surface area (Å²) in [6.45, 7) is -0.623. The minimum Gasteiger partial charge on any atom is -0.465 e. The molecule has 1 aromatic heterocycles. The minimum atomic E-state index is -0.636. The molecular weight excluding hydrogens is 353 g/mol. The Morgan fingerprint density at radius 1 is 1.04 bits per heavy atom. The number of carbonyl (C=O) groups excluding carboxylic acids is 3. The summed E-state index contributed by atoms with van der Waals surface area (Å²) in [5.41, 5.74) is 1.26. The molecule has 0 aliphatic carbocycles. The Kier molecular flexibility index (Phi) is 5.30. The topological polar surface area (TPSA) is 74.6 Å². The highest BCUT2D eigenvalue weighted by Gasteiger charge is 2.17. The zero-order valence-electron chi connectivity index (χ0n) is 14.5. The smallest absolute Gasteiger partial charge is 0.340 e. The molecular formula is C20H16FNO5. The number of hydrogen-bond acceptors (Lipinski definition) is 5. The van der Waals surface area contributed by atoms with Crippen LogP contribution in [0.25, 0.3) is 10.9 Å². The largest absolute Gasteiger partial charge is 0.465 e. The van der Waals surface area contributed by atoms with Crippen molar-refractivity contribution in [3.8, 4) is 0 Å². The van der Waals surface area contributed by atoms with Gasteiger partial charge in [0.1, 0.15) is 12.4 Å². The maximum absolute atomic E-state index is 12.9. The van der Waals surface area contributed by atoms with E-state index in [0.717, 1.165) is 12.1 Å². The van der Waals surface area contributed by atoms with E-state index in [1.807, 2.05) is 0 Å². The molecule has 0 unspecified atom stereocenters. The highest BCUT2D eigenvalue weighted by atomic mass is 19.1. The standard InChI is InChI=1S/C20H16FNO5/c1-26-20(25)16-10-22(17-5-3-2-4-15(16)17)11-19(24)27-12-18(23)13-6-8-14(21)9-7-13/h2-10H,11-12H2,1H3. The van der Waals surface area contributed by atoms with Crippen molar-refractivity contribution in [1.29, 1.82) is 0 Å². The van der Waals surface area contributed by atoms with Crippen LogP contribution >= 0.6 is 0 Å². The highest BCUT2D eigenvalue weighted by Crippen LogP contribution is 2.22. The van der Waals surface area contributed by atoms with Crippen LogP contribution in [0.4, 0.5) is 4.39 Å². The van der Waals surface area contributed by atoms with Crippen molar-refractivity contribution in [2.45, 2.75) is 6.54 Å². The fraction of sp³-hybridized carbons (Fsp3) is 0.150. The number of methoxy groups -OCH3 is 1. The van der Waals surface area contributed by atoms with E-state index in [1.54, 1.807) is 28.8 Å². The molecule has 0 bridgehead atoms. The lowest BCUT2D eigenvalue weighted by atomic mass is 10.1. The van der Waals surface area contributed by atoms with Crippen molar-refractivity contribution >= 4 is 28.6 Å². The number of para-hydroxylation sites is 1. The lowest BCUT2D eigenvalue weighted by molar-refractivity contribution is -0.143. The lowest BCUT2D eigenvalue weighted by Gasteiger charge is -2.06. The quantitative estimate of drug-likeness (QED) is 0.493.